The van der Waals surface area contributed by atoms with E-state index >= 15 is 0 Å². The number of rotatable bonds is 8. The third kappa shape index (κ3) is 7.82. The molecule has 4 rings (SSSR count). The van der Waals surface area contributed by atoms with Gasteiger partial charge in [-0.25, -0.2) is 20.0 Å². The first-order valence-corrected chi connectivity index (χ1v) is 13.0. The third-order valence-corrected chi connectivity index (χ3v) is 7.12. The Morgan fingerprint density at radius 3 is 2.65 bits per heavy atom. The molecule has 2 aromatic rings. The van der Waals surface area contributed by atoms with Gasteiger partial charge in [0.25, 0.3) is 5.91 Å². The molecule has 1 aliphatic carbocycles. The van der Waals surface area contributed by atoms with Crippen molar-refractivity contribution in [2.75, 3.05) is 25.0 Å². The molecule has 2 aliphatic rings. The molecule has 0 bridgehead atoms. The number of nitrogens with zero attached hydrogens (tertiary/aromatic N) is 4. The topological polar surface area (TPSA) is 118 Å². The number of hydroxylamine groups is 2. The smallest absolute Gasteiger partial charge is 0.289 e. The van der Waals surface area contributed by atoms with Gasteiger partial charge in [-0.15, -0.1) is 24.8 Å². The molecule has 4 N–H and O–H groups in total. The first kappa shape index (κ1) is 30.9. The van der Waals surface area contributed by atoms with E-state index in [4.69, 9.17) is 20.5 Å². The normalized spacial score (nSPS) is 19.9. The second kappa shape index (κ2) is 14.5. The molecule has 0 spiro atoms. The fraction of sp³-hybridized carbons (Fsp3) is 0.615. The van der Waals surface area contributed by atoms with E-state index in [0.717, 1.165) is 68.0 Å². The predicted molar refractivity (Wildman–Crippen MR) is 154 cm³/mol. The maximum absolute atomic E-state index is 13.0. The number of carbonyl (C=O) groups is 1. The number of carbonyl (C=O) groups excluding carboxylic acids is 1. The number of hydrogen-bond acceptors (Lipinski definition) is 6. The fourth-order valence-corrected chi connectivity index (χ4v) is 4.82. The minimum atomic E-state index is -0.240. The Morgan fingerprint density at radius 2 is 1.95 bits per heavy atom. The summed E-state index contributed by atoms with van der Waals surface area (Å²) in [4.78, 5) is 32.7. The Kier molecular flexibility index (Phi) is 12.1. The van der Waals surface area contributed by atoms with Crippen molar-refractivity contribution in [3.8, 4) is 0 Å². The van der Waals surface area contributed by atoms with E-state index in [9.17, 15) is 4.79 Å². The molecule has 2 heterocycles. The van der Waals surface area contributed by atoms with Crippen LogP contribution in [0.2, 0.25) is 0 Å². The average Bonchev–Trinajstić information content (AvgIpc) is 3.41. The van der Waals surface area contributed by atoms with E-state index in [-0.39, 0.29) is 48.6 Å². The van der Waals surface area contributed by atoms with Crippen LogP contribution in [-0.2, 0) is 4.84 Å². The number of benzene rings is 1. The molecular formula is C26H41Cl2N7O2. The summed E-state index contributed by atoms with van der Waals surface area (Å²) in [6.07, 6.45) is 7.11. The van der Waals surface area contributed by atoms with Crippen LogP contribution in [0.5, 0.6) is 0 Å². The van der Waals surface area contributed by atoms with Crippen molar-refractivity contribution in [1.82, 2.24) is 20.3 Å². The molecule has 1 amide bonds. The van der Waals surface area contributed by atoms with Crippen molar-refractivity contribution < 1.29 is 9.63 Å². The zero-order chi connectivity index (χ0) is 24.8. The van der Waals surface area contributed by atoms with Gasteiger partial charge in [-0.05, 0) is 44.2 Å². The zero-order valence-electron chi connectivity index (χ0n) is 22.0. The average molecular weight is 555 g/mol. The van der Waals surface area contributed by atoms with E-state index in [1.54, 1.807) is 5.06 Å². The van der Waals surface area contributed by atoms with Crippen molar-refractivity contribution in [2.45, 2.75) is 77.8 Å². The van der Waals surface area contributed by atoms with E-state index in [2.05, 4.69) is 35.5 Å². The Morgan fingerprint density at radius 1 is 1.19 bits per heavy atom. The lowest BCUT2D eigenvalue weighted by Crippen LogP contribution is -2.41. The van der Waals surface area contributed by atoms with Gasteiger partial charge in [0.05, 0.1) is 30.8 Å². The van der Waals surface area contributed by atoms with Crippen LogP contribution in [0.4, 0.5) is 5.82 Å². The number of aliphatic imine (C=N–C) groups is 1. The number of nitrogens with one attached hydrogen (secondary N) is 2. The number of aromatic nitrogens is 2. The Hall–Kier alpha value is -2.36. The van der Waals surface area contributed by atoms with E-state index in [1.165, 1.54) is 0 Å². The molecule has 9 nitrogen and oxygen atoms in total. The quantitative estimate of drug-likeness (QED) is 0.322. The number of hydrogen-bond donors (Lipinski definition) is 3. The third-order valence-electron chi connectivity index (χ3n) is 7.12. The van der Waals surface area contributed by atoms with Gasteiger partial charge in [0.1, 0.15) is 5.82 Å². The number of aryl methyl sites for hydroxylation is 1. The van der Waals surface area contributed by atoms with E-state index in [0.29, 0.717) is 30.8 Å². The maximum Gasteiger partial charge on any atom is 0.289 e. The minimum absolute atomic E-state index is 0. The molecule has 1 aromatic heterocycles. The molecular weight excluding hydrogens is 513 g/mol. The van der Waals surface area contributed by atoms with Crippen LogP contribution in [0, 0.1) is 12.8 Å². The highest BCUT2D eigenvalue weighted by molar-refractivity contribution is 5.96. The van der Waals surface area contributed by atoms with Crippen LogP contribution in [0.1, 0.15) is 75.0 Å². The van der Waals surface area contributed by atoms with Gasteiger partial charge >= 0.3 is 0 Å². The van der Waals surface area contributed by atoms with Gasteiger partial charge in [-0.2, -0.15) is 0 Å². The summed E-state index contributed by atoms with van der Waals surface area (Å²) in [5.41, 5.74) is 8.13. The molecule has 1 aliphatic heterocycles. The molecule has 37 heavy (non-hydrogen) atoms. The lowest BCUT2D eigenvalue weighted by Gasteiger charge is -2.31. The number of fused-ring (bicyclic) bond motifs is 1. The monoisotopic (exact) mass is 553 g/mol. The lowest BCUT2D eigenvalue weighted by molar-refractivity contribution is -0.0456. The van der Waals surface area contributed by atoms with Crippen LogP contribution in [0.15, 0.2) is 23.2 Å². The first-order chi connectivity index (χ1) is 17.0. The summed E-state index contributed by atoms with van der Waals surface area (Å²) in [6.45, 7) is 8.40. The van der Waals surface area contributed by atoms with Gasteiger partial charge in [0, 0.05) is 11.9 Å². The van der Waals surface area contributed by atoms with Crippen LogP contribution in [0.25, 0.3) is 10.9 Å². The molecule has 0 unspecified atom stereocenters. The highest BCUT2D eigenvalue weighted by Crippen LogP contribution is 2.28. The number of anilines is 1. The van der Waals surface area contributed by atoms with Crippen molar-refractivity contribution in [3.05, 3.63) is 29.6 Å². The number of amides is 1. The van der Waals surface area contributed by atoms with E-state index in [1.807, 2.05) is 19.1 Å². The van der Waals surface area contributed by atoms with Crippen molar-refractivity contribution in [1.29, 1.82) is 0 Å². The SMILES string of the molecule is CCC(CC)CNC(=O)c1nc(N[C@H]2CCCC[C@H]2N=C(N)N2CCCO2)c2cc(C)ccc2n1.Cl.Cl. The number of halogens is 2. The molecule has 1 saturated heterocycles. The van der Waals surface area contributed by atoms with Gasteiger partial charge < -0.3 is 16.4 Å². The molecule has 206 valence electrons. The summed E-state index contributed by atoms with van der Waals surface area (Å²) in [5.74, 6) is 1.51. The van der Waals surface area contributed by atoms with Gasteiger partial charge in [-0.3, -0.25) is 9.63 Å². The lowest BCUT2D eigenvalue weighted by atomic mass is 9.90. The van der Waals surface area contributed by atoms with Gasteiger partial charge in [0.2, 0.25) is 11.8 Å². The predicted octanol–water partition coefficient (Wildman–Crippen LogP) is 4.62. The van der Waals surface area contributed by atoms with Crippen molar-refractivity contribution in [2.24, 2.45) is 16.6 Å². The van der Waals surface area contributed by atoms with Gasteiger partial charge in [0.15, 0.2) is 0 Å². The first-order valence-electron chi connectivity index (χ1n) is 13.0. The fourth-order valence-electron chi connectivity index (χ4n) is 4.82. The molecule has 1 saturated carbocycles. The molecule has 11 heteroatoms. The Labute approximate surface area is 232 Å². The highest BCUT2D eigenvalue weighted by Gasteiger charge is 2.28. The standard InChI is InChI=1S/C26H39N7O2.2ClH/c1-4-18(5-2)16-28-25(34)24-29-20-12-11-17(3)15-19(20)23(32-24)30-21-9-6-7-10-22(21)31-26(27)33-13-8-14-35-33;;/h11-12,15,18,21-22H,4-10,13-14,16H2,1-3H3,(H2,27,31)(H,28,34)(H,29,30,32);2*1H/t21-,22+;;/m0../s1. The number of guanidine groups is 1. The minimum Gasteiger partial charge on any atom is -0.368 e. The highest BCUT2D eigenvalue weighted by atomic mass is 35.5. The largest absolute Gasteiger partial charge is 0.368 e. The number of nitrogens with two attached hydrogens (primary N) is 1. The van der Waals surface area contributed by atoms with Gasteiger partial charge in [-0.1, -0.05) is 51.2 Å². The van der Waals surface area contributed by atoms with Crippen LogP contribution in [-0.4, -0.2) is 58.7 Å². The zero-order valence-corrected chi connectivity index (χ0v) is 23.7. The molecule has 2 fully saturated rings. The van der Waals surface area contributed by atoms with E-state index < -0.39 is 0 Å². The summed E-state index contributed by atoms with van der Waals surface area (Å²) < 4.78 is 0. The maximum atomic E-state index is 13.0. The summed E-state index contributed by atoms with van der Waals surface area (Å²) >= 11 is 0. The van der Waals surface area contributed by atoms with Crippen LogP contribution >= 0.6 is 24.8 Å². The summed E-state index contributed by atoms with van der Waals surface area (Å²) in [5, 5.41) is 9.25. The second-order valence-corrected chi connectivity index (χ2v) is 9.69. The van der Waals surface area contributed by atoms with Crippen molar-refractivity contribution >= 4 is 53.4 Å². The Bertz CT molecular complexity index is 1060. The summed E-state index contributed by atoms with van der Waals surface area (Å²) in [6, 6.07) is 6.10. The molecule has 1 aromatic carbocycles. The second-order valence-electron chi connectivity index (χ2n) is 9.69. The summed E-state index contributed by atoms with van der Waals surface area (Å²) in [7, 11) is 0. The molecule has 2 atom stereocenters. The van der Waals surface area contributed by atoms with Crippen LogP contribution in [0.3, 0.4) is 0 Å². The van der Waals surface area contributed by atoms with Crippen molar-refractivity contribution in [3.63, 3.8) is 0 Å². The Balaban J connectivity index is 0.00000241. The van der Waals surface area contributed by atoms with Crippen LogP contribution < -0.4 is 16.4 Å². The molecule has 0 radical (unpaired) electrons.